The van der Waals surface area contributed by atoms with Crippen molar-refractivity contribution in [3.63, 3.8) is 0 Å². The number of aliphatic hydroxyl groups is 1. The van der Waals surface area contributed by atoms with Crippen molar-refractivity contribution in [2.45, 2.75) is 71.3 Å². The molecule has 0 aliphatic heterocycles. The summed E-state index contributed by atoms with van der Waals surface area (Å²) in [6.07, 6.45) is 13.6. The lowest BCUT2D eigenvalue weighted by Crippen LogP contribution is -2.04. The highest BCUT2D eigenvalue weighted by molar-refractivity contribution is 4.79. The minimum Gasteiger partial charge on any atom is -0.393 e. The fraction of sp³-hybridized carbons (Fsp3) is 0.846. The maximum atomic E-state index is 9.53. The van der Waals surface area contributed by atoms with Crippen molar-refractivity contribution < 1.29 is 5.11 Å². The molecule has 1 unspecified atom stereocenters. The Labute approximate surface area is 89.2 Å². The zero-order valence-corrected chi connectivity index (χ0v) is 9.84. The predicted octanol–water partition coefficient (Wildman–Crippen LogP) is 4.06. The van der Waals surface area contributed by atoms with Crippen LogP contribution in [0, 0.1) is 0 Å². The first-order chi connectivity index (χ1) is 6.81. The molecule has 0 aliphatic carbocycles. The number of unbranched alkanes of at least 4 members (excludes halogenated alkanes) is 5. The van der Waals surface area contributed by atoms with Crippen LogP contribution < -0.4 is 0 Å². The highest BCUT2D eigenvalue weighted by Gasteiger charge is 2.00. The van der Waals surface area contributed by atoms with Crippen LogP contribution in [0.4, 0.5) is 0 Å². The van der Waals surface area contributed by atoms with Gasteiger partial charge in [0.15, 0.2) is 0 Å². The molecule has 0 spiro atoms. The van der Waals surface area contributed by atoms with Crippen molar-refractivity contribution in [2.24, 2.45) is 0 Å². The van der Waals surface area contributed by atoms with Gasteiger partial charge < -0.3 is 5.11 Å². The van der Waals surface area contributed by atoms with Crippen molar-refractivity contribution in [3.05, 3.63) is 12.2 Å². The standard InChI is InChI=1S/C13H26O/c1-3-5-7-8-9-10-12-13(14)11-6-4-2/h4,6,13-14H,3,5,7-12H2,1-2H3/b6-4+. The van der Waals surface area contributed by atoms with Crippen LogP contribution in [0.25, 0.3) is 0 Å². The summed E-state index contributed by atoms with van der Waals surface area (Å²) >= 11 is 0. The molecule has 0 aromatic rings. The highest BCUT2D eigenvalue weighted by Crippen LogP contribution is 2.10. The molecule has 0 bridgehead atoms. The van der Waals surface area contributed by atoms with E-state index in [1.165, 1.54) is 38.5 Å². The molecule has 0 radical (unpaired) electrons. The topological polar surface area (TPSA) is 20.2 Å². The lowest BCUT2D eigenvalue weighted by Gasteiger charge is -2.07. The largest absolute Gasteiger partial charge is 0.393 e. The second-order valence-corrected chi connectivity index (χ2v) is 4.02. The third-order valence-corrected chi connectivity index (χ3v) is 2.53. The van der Waals surface area contributed by atoms with Crippen LogP contribution in [0.2, 0.25) is 0 Å². The summed E-state index contributed by atoms with van der Waals surface area (Å²) < 4.78 is 0. The molecule has 14 heavy (non-hydrogen) atoms. The van der Waals surface area contributed by atoms with Crippen LogP contribution in [-0.2, 0) is 0 Å². The molecule has 1 atom stereocenters. The highest BCUT2D eigenvalue weighted by atomic mass is 16.3. The molecule has 0 amide bonds. The molecule has 0 heterocycles. The Kier molecular flexibility index (Phi) is 10.5. The molecule has 1 N–H and O–H groups in total. The van der Waals surface area contributed by atoms with Gasteiger partial charge in [0.2, 0.25) is 0 Å². The minimum atomic E-state index is -0.114. The van der Waals surface area contributed by atoms with Gasteiger partial charge in [-0.1, -0.05) is 57.6 Å². The normalized spacial score (nSPS) is 13.6. The molecule has 0 fully saturated rings. The first-order valence-corrected chi connectivity index (χ1v) is 6.10. The summed E-state index contributed by atoms with van der Waals surface area (Å²) in [5.41, 5.74) is 0. The van der Waals surface area contributed by atoms with Crippen LogP contribution in [0.15, 0.2) is 12.2 Å². The second kappa shape index (κ2) is 10.8. The van der Waals surface area contributed by atoms with Crippen LogP contribution >= 0.6 is 0 Å². The van der Waals surface area contributed by atoms with Crippen molar-refractivity contribution >= 4 is 0 Å². The summed E-state index contributed by atoms with van der Waals surface area (Å²) in [6.45, 7) is 4.23. The van der Waals surface area contributed by atoms with Crippen molar-refractivity contribution in [3.8, 4) is 0 Å². The fourth-order valence-corrected chi connectivity index (χ4v) is 1.57. The van der Waals surface area contributed by atoms with Gasteiger partial charge in [-0.05, 0) is 19.8 Å². The van der Waals surface area contributed by atoms with Gasteiger partial charge in [0.25, 0.3) is 0 Å². The first kappa shape index (κ1) is 13.7. The molecule has 1 nitrogen and oxygen atoms in total. The van der Waals surface area contributed by atoms with Crippen LogP contribution in [0.5, 0.6) is 0 Å². The molecule has 0 aliphatic rings. The molecule has 0 saturated carbocycles. The maximum Gasteiger partial charge on any atom is 0.0574 e. The number of rotatable bonds is 9. The average molecular weight is 198 g/mol. The molecular formula is C13H26O. The number of aliphatic hydroxyl groups excluding tert-OH is 1. The van der Waals surface area contributed by atoms with E-state index in [1.807, 2.05) is 19.1 Å². The number of allylic oxidation sites excluding steroid dienone is 1. The molecule has 0 rings (SSSR count). The Morgan fingerprint density at radius 2 is 1.71 bits per heavy atom. The van der Waals surface area contributed by atoms with Crippen LogP contribution in [0.1, 0.15) is 65.2 Å². The Balaban J connectivity index is 3.10. The third kappa shape index (κ3) is 9.79. The lowest BCUT2D eigenvalue weighted by atomic mass is 10.1. The van der Waals surface area contributed by atoms with E-state index in [9.17, 15) is 5.11 Å². The van der Waals surface area contributed by atoms with E-state index >= 15 is 0 Å². The smallest absolute Gasteiger partial charge is 0.0574 e. The summed E-state index contributed by atoms with van der Waals surface area (Å²) in [5, 5.41) is 9.53. The van der Waals surface area contributed by atoms with Crippen LogP contribution in [-0.4, -0.2) is 11.2 Å². The molecule has 0 saturated heterocycles. The van der Waals surface area contributed by atoms with Gasteiger partial charge in [0.1, 0.15) is 0 Å². The number of hydrogen-bond acceptors (Lipinski definition) is 1. The van der Waals surface area contributed by atoms with Gasteiger partial charge in [-0.15, -0.1) is 0 Å². The van der Waals surface area contributed by atoms with Gasteiger partial charge in [-0.25, -0.2) is 0 Å². The van der Waals surface area contributed by atoms with Crippen molar-refractivity contribution in [2.75, 3.05) is 0 Å². The molecule has 0 aromatic heterocycles. The summed E-state index contributed by atoms with van der Waals surface area (Å²) in [4.78, 5) is 0. The van der Waals surface area contributed by atoms with E-state index in [-0.39, 0.29) is 6.10 Å². The lowest BCUT2D eigenvalue weighted by molar-refractivity contribution is 0.163. The van der Waals surface area contributed by atoms with E-state index in [0.717, 1.165) is 12.8 Å². The Hall–Kier alpha value is -0.300. The van der Waals surface area contributed by atoms with Gasteiger partial charge in [-0.2, -0.15) is 0 Å². The zero-order valence-electron chi connectivity index (χ0n) is 9.84. The quantitative estimate of drug-likeness (QED) is 0.437. The Bertz CT molecular complexity index is 129. The molecule has 1 heteroatoms. The Morgan fingerprint density at radius 3 is 2.36 bits per heavy atom. The monoisotopic (exact) mass is 198 g/mol. The number of hydrogen-bond donors (Lipinski definition) is 1. The Morgan fingerprint density at radius 1 is 1.07 bits per heavy atom. The van der Waals surface area contributed by atoms with Gasteiger partial charge in [0.05, 0.1) is 6.10 Å². The van der Waals surface area contributed by atoms with E-state index in [0.29, 0.717) is 0 Å². The third-order valence-electron chi connectivity index (χ3n) is 2.53. The predicted molar refractivity (Wildman–Crippen MR) is 63.4 cm³/mol. The molecular weight excluding hydrogens is 172 g/mol. The summed E-state index contributed by atoms with van der Waals surface area (Å²) in [6, 6.07) is 0. The van der Waals surface area contributed by atoms with Gasteiger partial charge in [-0.3, -0.25) is 0 Å². The zero-order chi connectivity index (χ0) is 10.6. The summed E-state index contributed by atoms with van der Waals surface area (Å²) in [7, 11) is 0. The first-order valence-electron chi connectivity index (χ1n) is 6.10. The molecule has 0 aromatic carbocycles. The minimum absolute atomic E-state index is 0.114. The average Bonchev–Trinajstić information content (AvgIpc) is 2.20. The van der Waals surface area contributed by atoms with Gasteiger partial charge in [0, 0.05) is 0 Å². The van der Waals surface area contributed by atoms with E-state index < -0.39 is 0 Å². The van der Waals surface area contributed by atoms with Crippen molar-refractivity contribution in [1.29, 1.82) is 0 Å². The van der Waals surface area contributed by atoms with Crippen molar-refractivity contribution in [1.82, 2.24) is 0 Å². The van der Waals surface area contributed by atoms with E-state index in [4.69, 9.17) is 0 Å². The fourth-order valence-electron chi connectivity index (χ4n) is 1.57. The molecule has 84 valence electrons. The van der Waals surface area contributed by atoms with E-state index in [2.05, 4.69) is 6.92 Å². The summed E-state index contributed by atoms with van der Waals surface area (Å²) in [5.74, 6) is 0. The SMILES string of the molecule is C/C=C/CC(O)CCCCCCCC. The van der Waals surface area contributed by atoms with Crippen LogP contribution in [0.3, 0.4) is 0 Å². The maximum absolute atomic E-state index is 9.53. The van der Waals surface area contributed by atoms with Gasteiger partial charge >= 0.3 is 0 Å². The second-order valence-electron chi connectivity index (χ2n) is 4.02. The van der Waals surface area contributed by atoms with E-state index in [1.54, 1.807) is 0 Å².